The molecule has 1 fully saturated rings. The van der Waals surface area contributed by atoms with Gasteiger partial charge in [0, 0.05) is 0 Å². The summed E-state index contributed by atoms with van der Waals surface area (Å²) in [6.07, 6.45) is 12.8. The van der Waals surface area contributed by atoms with E-state index in [4.69, 9.17) is 0 Å². The fraction of sp³-hybridized carbons (Fsp3) is 0.800. The highest BCUT2D eigenvalue weighted by Gasteiger charge is 2.53. The van der Waals surface area contributed by atoms with Crippen LogP contribution >= 0.6 is 0 Å². The van der Waals surface area contributed by atoms with E-state index in [1.807, 2.05) is 0 Å². The average Bonchev–Trinajstić information content (AvgIpc) is 2.67. The molecule has 0 aromatic heterocycles. The van der Waals surface area contributed by atoms with Crippen LogP contribution in [0.1, 0.15) is 79.6 Å². The fourth-order valence-electron chi connectivity index (χ4n) is 4.50. The molecule has 1 saturated carbocycles. The first-order valence-corrected chi connectivity index (χ1v) is 8.81. The van der Waals surface area contributed by atoms with E-state index < -0.39 is 5.60 Å². The summed E-state index contributed by atoms with van der Waals surface area (Å²) < 4.78 is 0. The Labute approximate surface area is 131 Å². The van der Waals surface area contributed by atoms with Crippen molar-refractivity contribution >= 4 is 0 Å². The number of fused-ring (bicyclic) bond motifs is 1. The van der Waals surface area contributed by atoms with Gasteiger partial charge in [-0.2, -0.15) is 0 Å². The molecular formula is C20H34O. The van der Waals surface area contributed by atoms with E-state index >= 15 is 0 Å². The predicted molar refractivity (Wildman–Crippen MR) is 91.2 cm³/mol. The van der Waals surface area contributed by atoms with Gasteiger partial charge in [0.2, 0.25) is 0 Å². The van der Waals surface area contributed by atoms with E-state index in [0.29, 0.717) is 11.8 Å². The molecule has 0 bridgehead atoms. The highest BCUT2D eigenvalue weighted by Crippen LogP contribution is 2.56. The normalized spacial score (nSPS) is 43.5. The van der Waals surface area contributed by atoms with Crippen molar-refractivity contribution in [3.05, 3.63) is 23.3 Å². The lowest BCUT2D eigenvalue weighted by atomic mass is 9.67. The van der Waals surface area contributed by atoms with Crippen LogP contribution in [0.5, 0.6) is 0 Å². The summed E-state index contributed by atoms with van der Waals surface area (Å²) in [7, 11) is 0. The Morgan fingerprint density at radius 3 is 2.43 bits per heavy atom. The summed E-state index contributed by atoms with van der Waals surface area (Å²) in [4.78, 5) is 0. The monoisotopic (exact) mass is 290 g/mol. The van der Waals surface area contributed by atoms with Crippen molar-refractivity contribution in [3.63, 3.8) is 0 Å². The average molecular weight is 290 g/mol. The maximum absolute atomic E-state index is 11.3. The molecule has 0 aromatic rings. The fourth-order valence-corrected chi connectivity index (χ4v) is 4.50. The van der Waals surface area contributed by atoms with Gasteiger partial charge in [-0.3, -0.25) is 0 Å². The maximum atomic E-state index is 11.3. The van der Waals surface area contributed by atoms with Crippen molar-refractivity contribution < 1.29 is 5.11 Å². The molecule has 0 amide bonds. The van der Waals surface area contributed by atoms with Crippen LogP contribution in [0.3, 0.4) is 0 Å². The predicted octanol–water partition coefficient (Wildman–Crippen LogP) is 5.65. The number of allylic oxidation sites excluding steroid dienone is 4. The van der Waals surface area contributed by atoms with Crippen LogP contribution < -0.4 is 0 Å². The number of hydrogen-bond acceptors (Lipinski definition) is 1. The van der Waals surface area contributed by atoms with E-state index in [1.54, 1.807) is 0 Å². The molecule has 21 heavy (non-hydrogen) atoms. The smallest absolute Gasteiger partial charge is 0.0704 e. The molecule has 0 radical (unpaired) electrons. The zero-order chi connectivity index (χ0) is 15.7. The van der Waals surface area contributed by atoms with Crippen molar-refractivity contribution in [2.24, 2.45) is 17.3 Å². The Hall–Kier alpha value is -0.560. The Morgan fingerprint density at radius 2 is 1.76 bits per heavy atom. The topological polar surface area (TPSA) is 20.2 Å². The molecule has 2 rings (SSSR count). The van der Waals surface area contributed by atoms with Gasteiger partial charge in [-0.25, -0.2) is 0 Å². The minimum atomic E-state index is -0.467. The lowest BCUT2D eigenvalue weighted by Gasteiger charge is -2.41. The van der Waals surface area contributed by atoms with Crippen molar-refractivity contribution in [1.82, 2.24) is 0 Å². The molecule has 1 heteroatoms. The van der Waals surface area contributed by atoms with E-state index in [0.717, 1.165) is 25.7 Å². The third-order valence-electron chi connectivity index (χ3n) is 6.32. The Morgan fingerprint density at radius 1 is 1.10 bits per heavy atom. The summed E-state index contributed by atoms with van der Waals surface area (Å²) in [5, 5.41) is 11.3. The molecule has 0 spiro atoms. The van der Waals surface area contributed by atoms with E-state index in [2.05, 4.69) is 46.8 Å². The molecule has 0 aliphatic heterocycles. The largest absolute Gasteiger partial charge is 0.389 e. The van der Waals surface area contributed by atoms with Gasteiger partial charge in [0.1, 0.15) is 0 Å². The molecule has 120 valence electrons. The number of hydrogen-bond donors (Lipinski definition) is 1. The van der Waals surface area contributed by atoms with E-state index in [1.165, 1.54) is 30.4 Å². The summed E-state index contributed by atoms with van der Waals surface area (Å²) in [5.41, 5.74) is 2.82. The number of rotatable bonds is 1. The molecule has 2 aliphatic rings. The van der Waals surface area contributed by atoms with Gasteiger partial charge >= 0.3 is 0 Å². The van der Waals surface area contributed by atoms with Crippen LogP contribution in [0, 0.1) is 17.3 Å². The van der Waals surface area contributed by atoms with Gasteiger partial charge in [-0.15, -0.1) is 0 Å². The second-order valence-electron chi connectivity index (χ2n) is 8.23. The first-order valence-electron chi connectivity index (χ1n) is 8.81. The van der Waals surface area contributed by atoms with Crippen LogP contribution in [-0.4, -0.2) is 10.7 Å². The summed E-state index contributed by atoms with van der Waals surface area (Å²) in [6.45, 7) is 11.3. The summed E-state index contributed by atoms with van der Waals surface area (Å²) in [6, 6.07) is 0. The quantitative estimate of drug-likeness (QED) is 0.619. The second kappa shape index (κ2) is 6.28. The standard InChI is InChI=1S/C20H34O/c1-15(2)20(21)14-13-19(5)12-11-17(4)8-6-7-16(3)9-10-18(19)20/h7,11,15,18,21H,6,8-10,12-14H2,1-5H3/b16-7+,17-11+/t18-,19+,20-/m1/s1. The highest BCUT2D eigenvalue weighted by atomic mass is 16.3. The van der Waals surface area contributed by atoms with Crippen LogP contribution in [0.4, 0.5) is 0 Å². The minimum Gasteiger partial charge on any atom is -0.389 e. The molecule has 0 aromatic carbocycles. The zero-order valence-electron chi connectivity index (χ0n) is 14.7. The van der Waals surface area contributed by atoms with Crippen molar-refractivity contribution in [2.45, 2.75) is 85.2 Å². The van der Waals surface area contributed by atoms with Crippen LogP contribution in [0.2, 0.25) is 0 Å². The molecular weight excluding hydrogens is 256 g/mol. The van der Waals surface area contributed by atoms with Gasteiger partial charge in [-0.05, 0) is 76.0 Å². The Bertz CT molecular complexity index is 431. The molecule has 1 nitrogen and oxygen atoms in total. The SMILES string of the molecule is C/C1=C\C[C@@]2(C)CC[C@@](O)(C(C)C)[C@@H]2CC/C(C)=C/CC1. The third kappa shape index (κ3) is 3.44. The molecule has 0 heterocycles. The van der Waals surface area contributed by atoms with Crippen LogP contribution in [0.15, 0.2) is 23.3 Å². The van der Waals surface area contributed by atoms with E-state index in [9.17, 15) is 5.11 Å². The van der Waals surface area contributed by atoms with Gasteiger partial charge in [0.05, 0.1) is 5.60 Å². The summed E-state index contributed by atoms with van der Waals surface area (Å²) >= 11 is 0. The molecule has 0 saturated heterocycles. The maximum Gasteiger partial charge on any atom is 0.0704 e. The zero-order valence-corrected chi connectivity index (χ0v) is 14.7. The highest BCUT2D eigenvalue weighted by molar-refractivity contribution is 5.12. The lowest BCUT2D eigenvalue weighted by Crippen LogP contribution is -2.43. The van der Waals surface area contributed by atoms with Gasteiger partial charge in [0.15, 0.2) is 0 Å². The van der Waals surface area contributed by atoms with Gasteiger partial charge in [-0.1, -0.05) is 44.1 Å². The second-order valence-corrected chi connectivity index (χ2v) is 8.23. The van der Waals surface area contributed by atoms with Crippen molar-refractivity contribution in [3.8, 4) is 0 Å². The first kappa shape index (κ1) is 16.8. The number of aliphatic hydroxyl groups is 1. The van der Waals surface area contributed by atoms with Gasteiger partial charge in [0.25, 0.3) is 0 Å². The van der Waals surface area contributed by atoms with Crippen LogP contribution in [0.25, 0.3) is 0 Å². The van der Waals surface area contributed by atoms with Gasteiger partial charge < -0.3 is 5.11 Å². The van der Waals surface area contributed by atoms with Crippen molar-refractivity contribution in [1.29, 1.82) is 0 Å². The van der Waals surface area contributed by atoms with E-state index in [-0.39, 0.29) is 5.41 Å². The molecule has 1 N–H and O–H groups in total. The third-order valence-corrected chi connectivity index (χ3v) is 6.32. The first-order chi connectivity index (χ1) is 9.78. The summed E-state index contributed by atoms with van der Waals surface area (Å²) in [5.74, 6) is 0.777. The lowest BCUT2D eigenvalue weighted by molar-refractivity contribution is -0.0641. The molecule has 3 atom stereocenters. The van der Waals surface area contributed by atoms with Crippen LogP contribution in [-0.2, 0) is 0 Å². The molecule has 2 aliphatic carbocycles. The Kier molecular flexibility index (Phi) is 5.03. The van der Waals surface area contributed by atoms with Crippen molar-refractivity contribution in [2.75, 3.05) is 0 Å². The Balaban J connectivity index is 2.32. The minimum absolute atomic E-state index is 0.269. The molecule has 0 unspecified atom stereocenters.